The lowest BCUT2D eigenvalue weighted by Gasteiger charge is -2.15. The first-order valence-corrected chi connectivity index (χ1v) is 6.25. The highest BCUT2D eigenvalue weighted by molar-refractivity contribution is 7.99. The van der Waals surface area contributed by atoms with Crippen LogP contribution in [0.15, 0.2) is 24.3 Å². The van der Waals surface area contributed by atoms with Gasteiger partial charge in [-0.2, -0.15) is 11.8 Å². The second kappa shape index (κ2) is 4.78. The number of hydrogen-bond donors (Lipinski definition) is 1. The summed E-state index contributed by atoms with van der Waals surface area (Å²) in [5, 5.41) is 9.19. The van der Waals surface area contributed by atoms with E-state index in [-0.39, 0.29) is 11.2 Å². The monoisotopic (exact) mass is 238 g/mol. The second-order valence-electron chi connectivity index (χ2n) is 3.80. The number of carbonyl (C=O) groups is 1. The molecule has 4 heteroatoms. The molecule has 1 aliphatic rings. The minimum Gasteiger partial charge on any atom is -0.497 e. The van der Waals surface area contributed by atoms with Crippen LogP contribution in [0.2, 0.25) is 0 Å². The SMILES string of the molecule is COc1cccc(C2SCCC2C(=O)O)c1. The van der Waals surface area contributed by atoms with Gasteiger partial charge in [-0.25, -0.2) is 0 Å². The summed E-state index contributed by atoms with van der Waals surface area (Å²) in [5.41, 5.74) is 1.05. The molecule has 2 atom stereocenters. The van der Waals surface area contributed by atoms with Crippen molar-refractivity contribution in [3.63, 3.8) is 0 Å². The van der Waals surface area contributed by atoms with E-state index in [4.69, 9.17) is 9.84 Å². The van der Waals surface area contributed by atoms with Crippen molar-refractivity contribution in [2.75, 3.05) is 12.9 Å². The number of benzene rings is 1. The number of aliphatic carboxylic acids is 1. The number of carboxylic acid groups (broad SMARTS) is 1. The van der Waals surface area contributed by atoms with Crippen LogP contribution >= 0.6 is 11.8 Å². The molecular formula is C12H14O3S. The van der Waals surface area contributed by atoms with Gasteiger partial charge in [-0.15, -0.1) is 0 Å². The summed E-state index contributed by atoms with van der Waals surface area (Å²) in [6.45, 7) is 0. The summed E-state index contributed by atoms with van der Waals surface area (Å²) >= 11 is 1.71. The minimum absolute atomic E-state index is 0.0626. The highest BCUT2D eigenvalue weighted by atomic mass is 32.2. The van der Waals surface area contributed by atoms with Gasteiger partial charge < -0.3 is 9.84 Å². The Morgan fingerprint density at radius 2 is 2.38 bits per heavy atom. The maximum absolute atomic E-state index is 11.1. The molecule has 86 valence electrons. The van der Waals surface area contributed by atoms with Crippen molar-refractivity contribution in [3.05, 3.63) is 29.8 Å². The number of methoxy groups -OCH3 is 1. The number of thioether (sulfide) groups is 1. The van der Waals surface area contributed by atoms with E-state index < -0.39 is 5.97 Å². The zero-order valence-corrected chi connectivity index (χ0v) is 9.87. The van der Waals surface area contributed by atoms with Crippen LogP contribution in [0.1, 0.15) is 17.2 Å². The van der Waals surface area contributed by atoms with Crippen molar-refractivity contribution in [3.8, 4) is 5.75 Å². The van der Waals surface area contributed by atoms with Crippen molar-refractivity contribution >= 4 is 17.7 Å². The first kappa shape index (κ1) is 11.3. The maximum Gasteiger partial charge on any atom is 0.307 e. The molecule has 1 aromatic carbocycles. The number of rotatable bonds is 3. The van der Waals surface area contributed by atoms with E-state index in [2.05, 4.69) is 0 Å². The number of carboxylic acids is 1. The molecule has 1 aliphatic heterocycles. The summed E-state index contributed by atoms with van der Waals surface area (Å²) in [6.07, 6.45) is 0.752. The average Bonchev–Trinajstić information content (AvgIpc) is 2.78. The highest BCUT2D eigenvalue weighted by Crippen LogP contribution is 2.45. The Labute approximate surface area is 98.8 Å². The van der Waals surface area contributed by atoms with Gasteiger partial charge in [-0.1, -0.05) is 12.1 Å². The lowest BCUT2D eigenvalue weighted by atomic mass is 9.97. The smallest absolute Gasteiger partial charge is 0.307 e. The van der Waals surface area contributed by atoms with Gasteiger partial charge in [-0.05, 0) is 29.9 Å². The molecule has 0 amide bonds. The minimum atomic E-state index is -0.696. The first-order valence-electron chi connectivity index (χ1n) is 5.20. The van der Waals surface area contributed by atoms with Crippen LogP contribution in [0.5, 0.6) is 5.75 Å². The van der Waals surface area contributed by atoms with Crippen molar-refractivity contribution in [1.29, 1.82) is 0 Å². The third-order valence-corrected chi connectivity index (χ3v) is 4.26. The molecule has 1 aromatic rings. The second-order valence-corrected chi connectivity index (χ2v) is 5.05. The lowest BCUT2D eigenvalue weighted by molar-refractivity contribution is -0.141. The van der Waals surface area contributed by atoms with Gasteiger partial charge >= 0.3 is 5.97 Å². The Morgan fingerprint density at radius 1 is 1.56 bits per heavy atom. The summed E-state index contributed by atoms with van der Waals surface area (Å²) in [7, 11) is 1.62. The zero-order valence-electron chi connectivity index (χ0n) is 9.05. The van der Waals surface area contributed by atoms with E-state index >= 15 is 0 Å². The van der Waals surface area contributed by atoms with Gasteiger partial charge in [0.1, 0.15) is 5.75 Å². The molecular weight excluding hydrogens is 224 g/mol. The molecule has 0 spiro atoms. The summed E-state index contributed by atoms with van der Waals surface area (Å²) in [4.78, 5) is 11.1. The zero-order chi connectivity index (χ0) is 11.5. The maximum atomic E-state index is 11.1. The van der Waals surface area contributed by atoms with E-state index in [9.17, 15) is 4.79 Å². The van der Waals surface area contributed by atoms with Gasteiger partial charge in [0, 0.05) is 5.25 Å². The molecule has 2 unspecified atom stereocenters. The van der Waals surface area contributed by atoms with Gasteiger partial charge in [0.25, 0.3) is 0 Å². The normalized spacial score (nSPS) is 24.3. The summed E-state index contributed by atoms with van der Waals surface area (Å²) < 4.78 is 5.15. The van der Waals surface area contributed by atoms with E-state index in [1.807, 2.05) is 24.3 Å². The van der Waals surface area contributed by atoms with Crippen molar-refractivity contribution in [1.82, 2.24) is 0 Å². The number of ether oxygens (including phenoxy) is 1. The van der Waals surface area contributed by atoms with Gasteiger partial charge in [0.05, 0.1) is 13.0 Å². The Kier molecular flexibility index (Phi) is 3.39. The van der Waals surface area contributed by atoms with E-state index in [0.29, 0.717) is 0 Å². The van der Waals surface area contributed by atoms with Crippen LogP contribution in [0.25, 0.3) is 0 Å². The Hall–Kier alpha value is -1.16. The predicted molar refractivity (Wildman–Crippen MR) is 63.9 cm³/mol. The highest BCUT2D eigenvalue weighted by Gasteiger charge is 2.34. The van der Waals surface area contributed by atoms with Crippen molar-refractivity contribution in [2.45, 2.75) is 11.7 Å². The van der Waals surface area contributed by atoms with Crippen LogP contribution in [0.3, 0.4) is 0 Å². The van der Waals surface area contributed by atoms with Gasteiger partial charge in [-0.3, -0.25) is 4.79 Å². The van der Waals surface area contributed by atoms with Crippen molar-refractivity contribution < 1.29 is 14.6 Å². The van der Waals surface area contributed by atoms with Gasteiger partial charge in [0.15, 0.2) is 0 Å². The Bertz CT molecular complexity index is 392. The van der Waals surface area contributed by atoms with E-state index in [0.717, 1.165) is 23.5 Å². The molecule has 0 saturated carbocycles. The Morgan fingerprint density at radius 3 is 3.06 bits per heavy atom. The third kappa shape index (κ3) is 2.16. The van der Waals surface area contributed by atoms with Crippen LogP contribution in [-0.2, 0) is 4.79 Å². The van der Waals surface area contributed by atoms with Crippen LogP contribution in [0.4, 0.5) is 0 Å². The lowest BCUT2D eigenvalue weighted by Crippen LogP contribution is -2.15. The molecule has 16 heavy (non-hydrogen) atoms. The van der Waals surface area contributed by atoms with Crippen LogP contribution < -0.4 is 4.74 Å². The molecule has 1 saturated heterocycles. The Balaban J connectivity index is 2.25. The molecule has 2 rings (SSSR count). The molecule has 0 bridgehead atoms. The molecule has 1 fully saturated rings. The fourth-order valence-electron chi connectivity index (χ4n) is 1.99. The van der Waals surface area contributed by atoms with Crippen LogP contribution in [0, 0.1) is 5.92 Å². The fraction of sp³-hybridized carbons (Fsp3) is 0.417. The topological polar surface area (TPSA) is 46.5 Å². The van der Waals surface area contributed by atoms with Gasteiger partial charge in [0.2, 0.25) is 0 Å². The van der Waals surface area contributed by atoms with Crippen LogP contribution in [-0.4, -0.2) is 23.9 Å². The number of hydrogen-bond acceptors (Lipinski definition) is 3. The molecule has 1 N–H and O–H groups in total. The largest absolute Gasteiger partial charge is 0.497 e. The quantitative estimate of drug-likeness (QED) is 0.879. The standard InChI is InChI=1S/C12H14O3S/c1-15-9-4-2-3-8(7-9)11-10(12(13)14)5-6-16-11/h2-4,7,10-11H,5-6H2,1H3,(H,13,14). The predicted octanol–water partition coefficient (Wildman–Crippen LogP) is 2.57. The molecule has 1 heterocycles. The molecule has 3 nitrogen and oxygen atoms in total. The van der Waals surface area contributed by atoms with E-state index in [1.54, 1.807) is 18.9 Å². The molecule has 0 radical (unpaired) electrons. The van der Waals surface area contributed by atoms with E-state index in [1.165, 1.54) is 0 Å². The first-order chi connectivity index (χ1) is 7.72. The van der Waals surface area contributed by atoms with Crippen molar-refractivity contribution in [2.24, 2.45) is 5.92 Å². The summed E-state index contributed by atoms with van der Waals surface area (Å²) in [6, 6.07) is 7.69. The fourth-order valence-corrected chi connectivity index (χ4v) is 3.46. The summed E-state index contributed by atoms with van der Waals surface area (Å²) in [5.74, 6) is 0.739. The molecule has 0 aliphatic carbocycles. The average molecular weight is 238 g/mol. The third-order valence-electron chi connectivity index (χ3n) is 2.83. The molecule has 0 aromatic heterocycles.